The SMILES string of the molecule is C#CC/C=C\C(=C/C)c1ccc(-c2nc(C(=O)C(=C)N=C(N=C(C)c3ccc(-c4ccccc4)cc3)c3ccc(-c4ccccc4)cc3)nc(-c3ccc(-c4ccccc4)cc3)n2)cc1. The van der Waals surface area contributed by atoms with Crippen LogP contribution in [0.2, 0.25) is 0 Å². The molecule has 0 aliphatic carbocycles. The van der Waals surface area contributed by atoms with Crippen LogP contribution in [0.15, 0.2) is 229 Å². The van der Waals surface area contributed by atoms with Crippen LogP contribution in [0.1, 0.15) is 47.6 Å². The number of carbonyl (C=O) groups excluding carboxylic acids is 1. The average molecular weight is 840 g/mol. The predicted molar refractivity (Wildman–Crippen MR) is 268 cm³/mol. The monoisotopic (exact) mass is 839 g/mol. The maximum Gasteiger partial charge on any atom is 0.248 e. The third kappa shape index (κ3) is 10.5. The normalized spacial score (nSPS) is 11.9. The fourth-order valence-electron chi connectivity index (χ4n) is 7.26. The Balaban J connectivity index is 1.17. The van der Waals surface area contributed by atoms with Gasteiger partial charge in [-0.2, -0.15) is 0 Å². The minimum Gasteiger partial charge on any atom is -0.283 e. The van der Waals surface area contributed by atoms with Gasteiger partial charge in [-0.25, -0.2) is 24.9 Å². The topological polar surface area (TPSA) is 80.5 Å². The summed E-state index contributed by atoms with van der Waals surface area (Å²) in [4.78, 5) is 38.8. The Morgan fingerprint density at radius 1 is 0.538 bits per heavy atom. The molecule has 0 aliphatic heterocycles. The molecule has 0 aliphatic rings. The number of hydrogen-bond acceptors (Lipinski definition) is 5. The van der Waals surface area contributed by atoms with Gasteiger partial charge in [0.15, 0.2) is 17.5 Å². The Kier molecular flexibility index (Phi) is 13.5. The van der Waals surface area contributed by atoms with Crippen LogP contribution < -0.4 is 0 Å². The number of amidine groups is 1. The molecule has 6 nitrogen and oxygen atoms in total. The molecule has 8 rings (SSSR count). The van der Waals surface area contributed by atoms with Crippen LogP contribution >= 0.6 is 0 Å². The summed E-state index contributed by atoms with van der Waals surface area (Å²) in [6.45, 7) is 8.09. The van der Waals surface area contributed by atoms with E-state index < -0.39 is 5.78 Å². The Labute approximate surface area is 380 Å². The minimum absolute atomic E-state index is 0.0718. The van der Waals surface area contributed by atoms with Crippen molar-refractivity contribution in [3.63, 3.8) is 0 Å². The lowest BCUT2D eigenvalue weighted by Crippen LogP contribution is -2.12. The Hall–Kier alpha value is -8.66. The van der Waals surface area contributed by atoms with Crippen molar-refractivity contribution in [3.8, 4) is 68.5 Å². The Morgan fingerprint density at radius 2 is 0.938 bits per heavy atom. The molecule has 8 aromatic rings. The highest BCUT2D eigenvalue weighted by Gasteiger charge is 2.20. The maximum absolute atomic E-state index is 14.6. The lowest BCUT2D eigenvalue weighted by molar-refractivity contribution is 0.102. The number of carbonyl (C=O) groups is 1. The fraction of sp³-hybridized carbons (Fsp3) is 0.0508. The summed E-state index contributed by atoms with van der Waals surface area (Å²) in [7, 11) is 0. The van der Waals surface area contributed by atoms with Crippen molar-refractivity contribution < 1.29 is 4.79 Å². The summed E-state index contributed by atoms with van der Waals surface area (Å²) >= 11 is 0. The Morgan fingerprint density at radius 3 is 1.40 bits per heavy atom. The second-order valence-corrected chi connectivity index (χ2v) is 15.2. The molecule has 0 N–H and O–H groups in total. The number of aliphatic imine (C=N–C) groups is 2. The van der Waals surface area contributed by atoms with E-state index in [2.05, 4.69) is 61.0 Å². The van der Waals surface area contributed by atoms with Gasteiger partial charge in [-0.3, -0.25) is 4.79 Å². The van der Waals surface area contributed by atoms with Gasteiger partial charge < -0.3 is 0 Å². The van der Waals surface area contributed by atoms with Gasteiger partial charge in [-0.15, -0.1) is 12.3 Å². The largest absolute Gasteiger partial charge is 0.283 e. The summed E-state index contributed by atoms with van der Waals surface area (Å²) in [5.41, 5.74) is 12.2. The quantitative estimate of drug-likeness (QED) is 0.0289. The lowest BCUT2D eigenvalue weighted by atomic mass is 10.0. The van der Waals surface area contributed by atoms with E-state index >= 15 is 0 Å². The zero-order valence-corrected chi connectivity index (χ0v) is 36.3. The van der Waals surface area contributed by atoms with E-state index in [1.54, 1.807) is 0 Å². The number of benzene rings is 7. The first-order valence-corrected chi connectivity index (χ1v) is 21.3. The highest BCUT2D eigenvalue weighted by atomic mass is 16.1. The predicted octanol–water partition coefficient (Wildman–Crippen LogP) is 13.8. The van der Waals surface area contributed by atoms with Gasteiger partial charge in [0.25, 0.3) is 0 Å². The van der Waals surface area contributed by atoms with Crippen molar-refractivity contribution in [1.29, 1.82) is 0 Å². The molecule has 1 heterocycles. The first kappa shape index (κ1) is 43.0. The van der Waals surface area contributed by atoms with Gasteiger partial charge in [-0.1, -0.05) is 213 Å². The molecule has 6 heteroatoms. The molecule has 0 spiro atoms. The number of Topliss-reactive ketones (excluding diaryl/α,β-unsaturated/α-hetero) is 1. The van der Waals surface area contributed by atoms with Gasteiger partial charge in [0.2, 0.25) is 11.6 Å². The first-order valence-electron chi connectivity index (χ1n) is 21.3. The van der Waals surface area contributed by atoms with Crippen molar-refractivity contribution in [1.82, 2.24) is 15.0 Å². The van der Waals surface area contributed by atoms with Crippen molar-refractivity contribution in [2.75, 3.05) is 0 Å². The van der Waals surface area contributed by atoms with Crippen molar-refractivity contribution in [2.45, 2.75) is 20.3 Å². The molecule has 0 unspecified atom stereocenters. The highest BCUT2D eigenvalue weighted by Crippen LogP contribution is 2.28. The molecule has 0 atom stereocenters. The van der Waals surface area contributed by atoms with Crippen LogP contribution in [0.3, 0.4) is 0 Å². The van der Waals surface area contributed by atoms with Crippen LogP contribution in [0.5, 0.6) is 0 Å². The molecule has 0 radical (unpaired) electrons. The number of ketones is 1. The molecule has 0 fully saturated rings. The van der Waals surface area contributed by atoms with E-state index in [4.69, 9.17) is 31.4 Å². The smallest absolute Gasteiger partial charge is 0.248 e. The minimum atomic E-state index is -0.555. The number of aromatic nitrogens is 3. The van der Waals surface area contributed by atoms with E-state index in [0.29, 0.717) is 35.0 Å². The summed E-state index contributed by atoms with van der Waals surface area (Å²) in [5.74, 6) is 3.01. The van der Waals surface area contributed by atoms with Crippen LogP contribution in [0.4, 0.5) is 0 Å². The first-order chi connectivity index (χ1) is 31.9. The standard InChI is InChI=1S/C59H45N5O/c1-5-7-11-18-43(6-2)48-29-35-53(36-30-48)57-62-58(54-39-33-51(34-40-54)47-23-16-10-17-24-47)64-59(63-57)55(65)42(4)61-56(52-37-31-50(32-38-52)46-21-14-9-15-22-46)60-41(3)44-25-27-49(28-26-44)45-19-12-8-13-20-45/h1,6,8-40H,4,7H2,2-3H3/b18-11-,43-6+,60-41?,61-56?. The van der Waals surface area contributed by atoms with Crippen molar-refractivity contribution in [2.24, 2.45) is 9.98 Å². The maximum atomic E-state index is 14.6. The van der Waals surface area contributed by atoms with Crippen LogP contribution in [-0.2, 0) is 0 Å². The van der Waals surface area contributed by atoms with Crippen LogP contribution in [0, 0.1) is 12.3 Å². The number of terminal acetylenes is 1. The molecule has 0 bridgehead atoms. The second-order valence-electron chi connectivity index (χ2n) is 15.2. The summed E-state index contributed by atoms with van der Waals surface area (Å²) in [6.07, 6.45) is 12.0. The zero-order valence-electron chi connectivity index (χ0n) is 36.3. The molecule has 0 saturated heterocycles. The van der Waals surface area contributed by atoms with Gasteiger partial charge >= 0.3 is 0 Å². The van der Waals surface area contributed by atoms with Crippen molar-refractivity contribution >= 4 is 22.9 Å². The zero-order chi connectivity index (χ0) is 45.0. The summed E-state index contributed by atoms with van der Waals surface area (Å²) in [5, 5.41) is 0. The van der Waals surface area contributed by atoms with E-state index in [9.17, 15) is 4.79 Å². The second kappa shape index (κ2) is 20.5. The number of hydrogen-bond donors (Lipinski definition) is 0. The van der Waals surface area contributed by atoms with Crippen LogP contribution in [0.25, 0.3) is 61.7 Å². The molecule has 1 aromatic heterocycles. The van der Waals surface area contributed by atoms with Crippen LogP contribution in [-0.4, -0.2) is 32.3 Å². The third-order valence-corrected chi connectivity index (χ3v) is 10.8. The molecule has 7 aromatic carbocycles. The summed E-state index contributed by atoms with van der Waals surface area (Å²) < 4.78 is 0. The lowest BCUT2D eigenvalue weighted by Gasteiger charge is -2.10. The molecular formula is C59H45N5O. The molecular weight excluding hydrogens is 795 g/mol. The van der Waals surface area contributed by atoms with Gasteiger partial charge in [0.1, 0.15) is 5.70 Å². The number of allylic oxidation sites excluding steroid dienone is 5. The van der Waals surface area contributed by atoms with E-state index in [-0.39, 0.29) is 11.5 Å². The van der Waals surface area contributed by atoms with Gasteiger partial charge in [0.05, 0.1) is 0 Å². The molecule has 0 saturated carbocycles. The third-order valence-electron chi connectivity index (χ3n) is 10.8. The molecule has 0 amide bonds. The molecule has 312 valence electrons. The van der Waals surface area contributed by atoms with Gasteiger partial charge in [0, 0.05) is 28.8 Å². The van der Waals surface area contributed by atoms with Crippen molar-refractivity contribution in [3.05, 3.63) is 241 Å². The van der Waals surface area contributed by atoms with E-state index in [0.717, 1.165) is 61.4 Å². The van der Waals surface area contributed by atoms with Gasteiger partial charge in [-0.05, 0) is 63.9 Å². The fourth-order valence-corrected chi connectivity index (χ4v) is 7.26. The number of rotatable bonds is 13. The Bertz CT molecular complexity index is 3110. The average Bonchev–Trinajstić information content (AvgIpc) is 3.38. The van der Waals surface area contributed by atoms with E-state index in [1.807, 2.05) is 172 Å². The summed E-state index contributed by atoms with van der Waals surface area (Å²) in [6, 6.07) is 62.5. The molecule has 65 heavy (non-hydrogen) atoms. The van der Waals surface area contributed by atoms with E-state index in [1.165, 1.54) is 0 Å². The number of nitrogens with zero attached hydrogens (tertiary/aromatic N) is 5. The highest BCUT2D eigenvalue weighted by molar-refractivity contribution is 6.14.